The molecule has 1 heterocycles. The molecule has 0 fully saturated rings. The monoisotopic (exact) mass is 325 g/mol. The second kappa shape index (κ2) is 6.48. The number of ether oxygens (including phenoxy) is 2. The number of aryl methyl sites for hydroxylation is 1. The third-order valence-corrected chi connectivity index (χ3v) is 4.30. The highest BCUT2D eigenvalue weighted by Gasteiger charge is 2.19. The third kappa shape index (κ3) is 2.80. The molecule has 0 amide bonds. The molecule has 0 spiro atoms. The van der Waals surface area contributed by atoms with E-state index in [1.165, 1.54) is 12.1 Å². The van der Waals surface area contributed by atoms with Crippen LogP contribution in [-0.2, 0) is 6.42 Å². The molecule has 0 radical (unpaired) electrons. The van der Waals surface area contributed by atoms with Crippen LogP contribution < -0.4 is 9.47 Å². The molecule has 1 aromatic heterocycles. The summed E-state index contributed by atoms with van der Waals surface area (Å²) in [6.45, 7) is 3.96. The van der Waals surface area contributed by atoms with E-state index in [1.807, 2.05) is 32.2 Å². The highest BCUT2D eigenvalue weighted by molar-refractivity contribution is 5.96. The molecular weight excluding hydrogens is 305 g/mol. The number of nitrogens with zero attached hydrogens (tertiary/aromatic N) is 1. The van der Waals surface area contributed by atoms with Gasteiger partial charge in [-0.3, -0.25) is 4.98 Å². The standard InChI is InChI=1S/C20H20FNO2/c1-12-5-6-14(11-22-12)9-17-13(2)19(23-3)16-8-7-15(21)10-18(16)20(17)24-4/h5-8,10-11H,9H2,1-4H3. The van der Waals surface area contributed by atoms with Crippen molar-refractivity contribution < 1.29 is 13.9 Å². The molecule has 0 unspecified atom stereocenters. The number of fused-ring (bicyclic) bond motifs is 1. The largest absolute Gasteiger partial charge is 0.496 e. The minimum atomic E-state index is -0.297. The SMILES string of the molecule is COc1c(C)c(Cc2ccc(C)nc2)c(OC)c2cc(F)ccc12. The van der Waals surface area contributed by atoms with Crippen molar-refractivity contribution in [2.75, 3.05) is 14.2 Å². The van der Waals surface area contributed by atoms with Gasteiger partial charge in [-0.15, -0.1) is 0 Å². The van der Waals surface area contributed by atoms with Gasteiger partial charge in [-0.25, -0.2) is 4.39 Å². The van der Waals surface area contributed by atoms with Crippen molar-refractivity contribution in [1.82, 2.24) is 4.98 Å². The molecule has 0 saturated carbocycles. The van der Waals surface area contributed by atoms with Crippen LogP contribution >= 0.6 is 0 Å². The number of aromatic nitrogens is 1. The van der Waals surface area contributed by atoms with Gasteiger partial charge in [-0.2, -0.15) is 0 Å². The molecule has 3 rings (SSSR count). The Morgan fingerprint density at radius 1 is 0.958 bits per heavy atom. The minimum Gasteiger partial charge on any atom is -0.496 e. The first-order valence-electron chi connectivity index (χ1n) is 7.79. The van der Waals surface area contributed by atoms with Gasteiger partial charge in [0, 0.05) is 34.6 Å². The second-order valence-electron chi connectivity index (χ2n) is 5.84. The van der Waals surface area contributed by atoms with Gasteiger partial charge in [0.05, 0.1) is 14.2 Å². The molecule has 0 bridgehead atoms. The smallest absolute Gasteiger partial charge is 0.130 e. The summed E-state index contributed by atoms with van der Waals surface area (Å²) < 4.78 is 25.0. The molecule has 124 valence electrons. The van der Waals surface area contributed by atoms with E-state index in [1.54, 1.807) is 20.3 Å². The summed E-state index contributed by atoms with van der Waals surface area (Å²) in [6.07, 6.45) is 2.50. The lowest BCUT2D eigenvalue weighted by molar-refractivity contribution is 0.404. The Labute approximate surface area is 141 Å². The quantitative estimate of drug-likeness (QED) is 0.702. The maximum atomic E-state index is 13.8. The summed E-state index contributed by atoms with van der Waals surface area (Å²) in [7, 11) is 3.25. The average Bonchev–Trinajstić information content (AvgIpc) is 2.58. The predicted octanol–water partition coefficient (Wildman–Crippen LogP) is 4.60. The fraction of sp³-hybridized carbons (Fsp3) is 0.250. The van der Waals surface area contributed by atoms with Gasteiger partial charge in [-0.05, 0) is 49.2 Å². The second-order valence-corrected chi connectivity index (χ2v) is 5.84. The maximum Gasteiger partial charge on any atom is 0.130 e. The van der Waals surface area contributed by atoms with E-state index >= 15 is 0 Å². The van der Waals surface area contributed by atoms with E-state index in [-0.39, 0.29) is 5.82 Å². The minimum absolute atomic E-state index is 0.297. The van der Waals surface area contributed by atoms with E-state index < -0.39 is 0 Å². The Hall–Kier alpha value is -2.62. The van der Waals surface area contributed by atoms with Gasteiger partial charge >= 0.3 is 0 Å². The Bertz CT molecular complexity index is 889. The van der Waals surface area contributed by atoms with E-state index in [2.05, 4.69) is 4.98 Å². The molecule has 0 atom stereocenters. The lowest BCUT2D eigenvalue weighted by atomic mass is 9.94. The number of benzene rings is 2. The van der Waals surface area contributed by atoms with Gasteiger partial charge < -0.3 is 9.47 Å². The summed E-state index contributed by atoms with van der Waals surface area (Å²) in [6, 6.07) is 8.69. The first-order chi connectivity index (χ1) is 11.5. The normalized spacial score (nSPS) is 10.9. The molecule has 3 nitrogen and oxygen atoms in total. The summed E-state index contributed by atoms with van der Waals surface area (Å²) in [5, 5.41) is 1.56. The molecular formula is C20H20FNO2. The first kappa shape index (κ1) is 16.2. The summed E-state index contributed by atoms with van der Waals surface area (Å²) >= 11 is 0. The van der Waals surface area contributed by atoms with Crippen LogP contribution in [-0.4, -0.2) is 19.2 Å². The van der Waals surface area contributed by atoms with E-state index in [9.17, 15) is 4.39 Å². The van der Waals surface area contributed by atoms with Gasteiger partial charge in [0.15, 0.2) is 0 Å². The summed E-state index contributed by atoms with van der Waals surface area (Å²) in [5.41, 5.74) is 4.02. The zero-order chi connectivity index (χ0) is 17.3. The maximum absolute atomic E-state index is 13.8. The van der Waals surface area contributed by atoms with Crippen LogP contribution in [0.1, 0.15) is 22.4 Å². The van der Waals surface area contributed by atoms with Crippen LogP contribution in [0.2, 0.25) is 0 Å². The lowest BCUT2D eigenvalue weighted by Crippen LogP contribution is -2.02. The Kier molecular flexibility index (Phi) is 4.38. The molecule has 0 N–H and O–H groups in total. The van der Waals surface area contributed by atoms with Gasteiger partial charge in [0.25, 0.3) is 0 Å². The number of hydrogen-bond acceptors (Lipinski definition) is 3. The van der Waals surface area contributed by atoms with Crippen molar-refractivity contribution >= 4 is 10.8 Å². The van der Waals surface area contributed by atoms with Crippen molar-refractivity contribution in [2.24, 2.45) is 0 Å². The van der Waals surface area contributed by atoms with E-state index in [0.29, 0.717) is 12.2 Å². The van der Waals surface area contributed by atoms with Gasteiger partial charge in [0.1, 0.15) is 17.3 Å². The summed E-state index contributed by atoms with van der Waals surface area (Å²) in [5.74, 6) is 1.14. The van der Waals surface area contributed by atoms with Crippen molar-refractivity contribution in [1.29, 1.82) is 0 Å². The topological polar surface area (TPSA) is 31.4 Å². The molecule has 0 aliphatic rings. The number of rotatable bonds is 4. The highest BCUT2D eigenvalue weighted by Crippen LogP contribution is 2.41. The van der Waals surface area contributed by atoms with Crippen molar-refractivity contribution in [3.63, 3.8) is 0 Å². The molecule has 0 aliphatic heterocycles. The zero-order valence-electron chi connectivity index (χ0n) is 14.3. The number of methoxy groups -OCH3 is 2. The Morgan fingerprint density at radius 2 is 1.71 bits per heavy atom. The molecule has 0 aliphatic carbocycles. The first-order valence-corrected chi connectivity index (χ1v) is 7.79. The molecule has 24 heavy (non-hydrogen) atoms. The van der Waals surface area contributed by atoms with E-state index in [0.717, 1.165) is 38.9 Å². The predicted molar refractivity (Wildman–Crippen MR) is 93.5 cm³/mol. The van der Waals surface area contributed by atoms with Crippen molar-refractivity contribution in [2.45, 2.75) is 20.3 Å². The molecule has 0 saturated heterocycles. The fourth-order valence-electron chi connectivity index (χ4n) is 3.09. The van der Waals surface area contributed by atoms with Crippen molar-refractivity contribution in [3.05, 3.63) is 64.7 Å². The lowest BCUT2D eigenvalue weighted by Gasteiger charge is -2.19. The third-order valence-electron chi connectivity index (χ3n) is 4.30. The molecule has 2 aromatic carbocycles. The van der Waals surface area contributed by atoms with Crippen LogP contribution in [0.5, 0.6) is 11.5 Å². The number of halogens is 1. The summed E-state index contributed by atoms with van der Waals surface area (Å²) in [4.78, 5) is 4.35. The van der Waals surface area contributed by atoms with Crippen LogP contribution in [0.4, 0.5) is 4.39 Å². The van der Waals surface area contributed by atoms with Gasteiger partial charge in [0.2, 0.25) is 0 Å². The van der Waals surface area contributed by atoms with E-state index in [4.69, 9.17) is 9.47 Å². The Morgan fingerprint density at radius 3 is 2.33 bits per heavy atom. The van der Waals surface area contributed by atoms with Crippen molar-refractivity contribution in [3.8, 4) is 11.5 Å². The zero-order valence-corrected chi connectivity index (χ0v) is 14.3. The van der Waals surface area contributed by atoms with Crippen LogP contribution in [0, 0.1) is 19.7 Å². The Balaban J connectivity index is 2.25. The average molecular weight is 325 g/mol. The van der Waals surface area contributed by atoms with Crippen LogP contribution in [0.15, 0.2) is 36.5 Å². The van der Waals surface area contributed by atoms with Crippen LogP contribution in [0.25, 0.3) is 10.8 Å². The molecule has 3 aromatic rings. The number of pyridine rings is 1. The molecule has 4 heteroatoms. The highest BCUT2D eigenvalue weighted by atomic mass is 19.1. The fourth-order valence-corrected chi connectivity index (χ4v) is 3.09. The van der Waals surface area contributed by atoms with Crippen LogP contribution in [0.3, 0.4) is 0 Å². The van der Waals surface area contributed by atoms with Gasteiger partial charge in [-0.1, -0.05) is 6.07 Å². The number of hydrogen-bond donors (Lipinski definition) is 0.